The van der Waals surface area contributed by atoms with E-state index in [2.05, 4.69) is 20.7 Å². The Kier molecular flexibility index (Phi) is 4.72. The molecule has 6 heteroatoms. The van der Waals surface area contributed by atoms with Gasteiger partial charge in [0, 0.05) is 18.1 Å². The molecule has 0 atom stereocenters. The monoisotopic (exact) mass is 293 g/mol. The molecular weight excluding hydrogens is 282 g/mol. The van der Waals surface area contributed by atoms with Crippen LogP contribution in [0.1, 0.15) is 0 Å². The van der Waals surface area contributed by atoms with Crippen molar-refractivity contribution in [2.45, 2.75) is 4.90 Å². The van der Waals surface area contributed by atoms with Crippen molar-refractivity contribution in [3.05, 3.63) is 28.7 Å². The Bertz CT molecular complexity index is 402. The fourth-order valence-corrected chi connectivity index (χ4v) is 2.25. The maximum Gasteiger partial charge on any atom is 0.240 e. The quantitative estimate of drug-likeness (QED) is 0.835. The van der Waals surface area contributed by atoms with E-state index in [1.807, 2.05) is 0 Å². The second-order valence-electron chi connectivity index (χ2n) is 2.84. The van der Waals surface area contributed by atoms with Crippen molar-refractivity contribution in [2.24, 2.45) is 0 Å². The number of rotatable bonds is 5. The predicted molar refractivity (Wildman–Crippen MR) is 61.2 cm³/mol. The topological polar surface area (TPSA) is 55.4 Å². The highest BCUT2D eigenvalue weighted by atomic mass is 79.9. The molecule has 0 saturated heterocycles. The van der Waals surface area contributed by atoms with Crippen LogP contribution in [-0.4, -0.2) is 28.7 Å². The largest absolute Gasteiger partial charge is 0.383 e. The summed E-state index contributed by atoms with van der Waals surface area (Å²) in [5.74, 6) is 0. The van der Waals surface area contributed by atoms with Gasteiger partial charge < -0.3 is 4.74 Å². The van der Waals surface area contributed by atoms with Gasteiger partial charge in [-0.25, -0.2) is 13.1 Å². The molecule has 0 radical (unpaired) electrons. The van der Waals surface area contributed by atoms with E-state index in [-0.39, 0.29) is 11.4 Å². The highest BCUT2D eigenvalue weighted by molar-refractivity contribution is 9.10. The SMILES string of the molecule is COCCNS(=O)(=O)c1ccc(Br)cc1. The molecule has 84 valence electrons. The van der Waals surface area contributed by atoms with Crippen LogP contribution in [0.2, 0.25) is 0 Å². The maximum absolute atomic E-state index is 11.6. The van der Waals surface area contributed by atoms with Gasteiger partial charge in [0.1, 0.15) is 0 Å². The lowest BCUT2D eigenvalue weighted by atomic mass is 10.4. The minimum atomic E-state index is -3.40. The molecule has 4 nitrogen and oxygen atoms in total. The molecule has 0 unspecified atom stereocenters. The molecule has 1 aromatic carbocycles. The van der Waals surface area contributed by atoms with E-state index in [0.29, 0.717) is 6.61 Å². The van der Waals surface area contributed by atoms with Gasteiger partial charge in [-0.3, -0.25) is 0 Å². The Balaban J connectivity index is 2.73. The van der Waals surface area contributed by atoms with Crippen LogP contribution < -0.4 is 4.72 Å². The van der Waals surface area contributed by atoms with Gasteiger partial charge in [-0.2, -0.15) is 0 Å². The molecule has 0 aliphatic carbocycles. The standard InChI is InChI=1S/C9H12BrNO3S/c1-14-7-6-11-15(12,13)9-4-2-8(10)3-5-9/h2-5,11H,6-7H2,1H3. The normalized spacial score (nSPS) is 11.6. The van der Waals surface area contributed by atoms with Crippen molar-refractivity contribution >= 4 is 26.0 Å². The summed E-state index contributed by atoms with van der Waals surface area (Å²) in [7, 11) is -1.88. The number of ether oxygens (including phenoxy) is 1. The summed E-state index contributed by atoms with van der Waals surface area (Å²) in [6.07, 6.45) is 0. The third kappa shape index (κ3) is 3.90. The minimum Gasteiger partial charge on any atom is -0.383 e. The molecule has 15 heavy (non-hydrogen) atoms. The molecule has 0 aliphatic rings. The molecule has 1 N–H and O–H groups in total. The number of halogens is 1. The van der Waals surface area contributed by atoms with Gasteiger partial charge in [-0.1, -0.05) is 15.9 Å². The molecule has 0 amide bonds. The molecule has 0 aliphatic heterocycles. The van der Waals surface area contributed by atoms with Gasteiger partial charge >= 0.3 is 0 Å². The first-order chi connectivity index (χ1) is 7.06. The van der Waals surface area contributed by atoms with Crippen molar-refractivity contribution in [1.82, 2.24) is 4.72 Å². The molecule has 1 aromatic rings. The lowest BCUT2D eigenvalue weighted by Crippen LogP contribution is -2.27. The summed E-state index contributed by atoms with van der Waals surface area (Å²) < 4.78 is 31.3. The molecule has 0 spiro atoms. The van der Waals surface area contributed by atoms with Crippen LogP contribution in [0, 0.1) is 0 Å². The molecule has 1 rings (SSSR count). The Morgan fingerprint density at radius 1 is 1.33 bits per heavy atom. The van der Waals surface area contributed by atoms with Crippen molar-refractivity contribution in [3.63, 3.8) is 0 Å². The molecule has 0 bridgehead atoms. The first kappa shape index (κ1) is 12.6. The first-order valence-corrected chi connectivity index (χ1v) is 6.58. The van der Waals surface area contributed by atoms with E-state index in [1.54, 1.807) is 24.3 Å². The summed E-state index contributed by atoms with van der Waals surface area (Å²) in [6, 6.07) is 6.45. The van der Waals surface area contributed by atoms with Crippen molar-refractivity contribution in [3.8, 4) is 0 Å². The lowest BCUT2D eigenvalue weighted by molar-refractivity contribution is 0.204. The van der Waals surface area contributed by atoms with Gasteiger partial charge in [0.2, 0.25) is 10.0 Å². The van der Waals surface area contributed by atoms with Crippen LogP contribution in [0.15, 0.2) is 33.6 Å². The molecule has 0 fully saturated rings. The van der Waals surface area contributed by atoms with Gasteiger partial charge in [0.15, 0.2) is 0 Å². The summed E-state index contributed by atoms with van der Waals surface area (Å²) in [5.41, 5.74) is 0. The molecule has 0 saturated carbocycles. The molecular formula is C9H12BrNO3S. The second kappa shape index (κ2) is 5.60. The minimum absolute atomic E-state index is 0.252. The van der Waals surface area contributed by atoms with E-state index in [0.717, 1.165) is 4.47 Å². The van der Waals surface area contributed by atoms with Crippen LogP contribution in [0.4, 0.5) is 0 Å². The predicted octanol–water partition coefficient (Wildman–Crippen LogP) is 1.37. The van der Waals surface area contributed by atoms with Crippen LogP contribution in [0.5, 0.6) is 0 Å². The average Bonchev–Trinajstić information content (AvgIpc) is 2.18. The zero-order valence-electron chi connectivity index (χ0n) is 8.23. The second-order valence-corrected chi connectivity index (χ2v) is 5.53. The zero-order chi connectivity index (χ0) is 11.3. The van der Waals surface area contributed by atoms with E-state index in [1.165, 1.54) is 7.11 Å². The Morgan fingerprint density at radius 2 is 1.93 bits per heavy atom. The number of benzene rings is 1. The van der Waals surface area contributed by atoms with E-state index in [4.69, 9.17) is 4.74 Å². The van der Waals surface area contributed by atoms with Gasteiger partial charge in [-0.15, -0.1) is 0 Å². The molecule has 0 heterocycles. The van der Waals surface area contributed by atoms with Gasteiger partial charge in [0.05, 0.1) is 11.5 Å². The summed E-state index contributed by atoms with van der Waals surface area (Å²) >= 11 is 3.24. The smallest absolute Gasteiger partial charge is 0.240 e. The Hall–Kier alpha value is -0.430. The fourth-order valence-electron chi connectivity index (χ4n) is 0.975. The fraction of sp³-hybridized carbons (Fsp3) is 0.333. The van der Waals surface area contributed by atoms with Gasteiger partial charge in [-0.05, 0) is 24.3 Å². The zero-order valence-corrected chi connectivity index (χ0v) is 10.6. The Morgan fingerprint density at radius 3 is 2.47 bits per heavy atom. The third-order valence-corrected chi connectivity index (χ3v) is 3.73. The number of nitrogens with one attached hydrogen (secondary N) is 1. The first-order valence-electron chi connectivity index (χ1n) is 4.30. The summed E-state index contributed by atoms with van der Waals surface area (Å²) in [4.78, 5) is 0.252. The van der Waals surface area contributed by atoms with Crippen LogP contribution in [0.25, 0.3) is 0 Å². The number of hydrogen-bond acceptors (Lipinski definition) is 3. The maximum atomic E-state index is 11.6. The molecule has 0 aromatic heterocycles. The van der Waals surface area contributed by atoms with Crippen molar-refractivity contribution in [2.75, 3.05) is 20.3 Å². The average molecular weight is 294 g/mol. The van der Waals surface area contributed by atoms with Crippen LogP contribution >= 0.6 is 15.9 Å². The lowest BCUT2D eigenvalue weighted by Gasteiger charge is -2.05. The van der Waals surface area contributed by atoms with Crippen molar-refractivity contribution in [1.29, 1.82) is 0 Å². The third-order valence-electron chi connectivity index (χ3n) is 1.72. The van der Waals surface area contributed by atoms with Crippen LogP contribution in [-0.2, 0) is 14.8 Å². The van der Waals surface area contributed by atoms with Crippen molar-refractivity contribution < 1.29 is 13.2 Å². The number of methoxy groups -OCH3 is 1. The van der Waals surface area contributed by atoms with Crippen LogP contribution in [0.3, 0.4) is 0 Å². The van der Waals surface area contributed by atoms with E-state index < -0.39 is 10.0 Å². The summed E-state index contributed by atoms with van der Waals surface area (Å²) in [6.45, 7) is 0.630. The number of sulfonamides is 1. The van der Waals surface area contributed by atoms with E-state index in [9.17, 15) is 8.42 Å². The summed E-state index contributed by atoms with van der Waals surface area (Å²) in [5, 5.41) is 0. The highest BCUT2D eigenvalue weighted by Crippen LogP contribution is 2.14. The Labute approximate surface area is 97.8 Å². The van der Waals surface area contributed by atoms with E-state index >= 15 is 0 Å². The number of hydrogen-bond donors (Lipinski definition) is 1. The highest BCUT2D eigenvalue weighted by Gasteiger charge is 2.12. The van der Waals surface area contributed by atoms with Gasteiger partial charge in [0.25, 0.3) is 0 Å².